The van der Waals surface area contributed by atoms with Gasteiger partial charge in [0.15, 0.2) is 5.65 Å². The first-order valence-electron chi connectivity index (χ1n) is 9.48. The summed E-state index contributed by atoms with van der Waals surface area (Å²) in [7, 11) is 0. The van der Waals surface area contributed by atoms with E-state index in [2.05, 4.69) is 16.2 Å². The van der Waals surface area contributed by atoms with Gasteiger partial charge in [0.05, 0.1) is 23.6 Å². The maximum atomic E-state index is 11.1. The van der Waals surface area contributed by atoms with Crippen LogP contribution in [-0.2, 0) is 4.79 Å². The lowest BCUT2D eigenvalue weighted by atomic mass is 10.0. The van der Waals surface area contributed by atoms with Gasteiger partial charge in [-0.25, -0.2) is 14.6 Å². The Labute approximate surface area is 179 Å². The predicted octanol–water partition coefficient (Wildman–Crippen LogP) is 4.68. The number of nitrogens with zero attached hydrogens (tertiary/aromatic N) is 5. The van der Waals surface area contributed by atoms with Crippen LogP contribution in [0.2, 0.25) is 10.0 Å². The van der Waals surface area contributed by atoms with Crippen molar-refractivity contribution in [1.82, 2.24) is 24.6 Å². The van der Waals surface area contributed by atoms with E-state index in [1.165, 1.54) is 0 Å². The van der Waals surface area contributed by atoms with E-state index in [4.69, 9.17) is 28.2 Å². The minimum absolute atomic E-state index is 0.0344. The van der Waals surface area contributed by atoms with E-state index in [1.807, 2.05) is 37.6 Å². The fraction of sp³-hybridized carbons (Fsp3) is 0.333. The molecule has 6 nitrogen and oxygen atoms in total. The van der Waals surface area contributed by atoms with Crippen LogP contribution in [0.1, 0.15) is 43.3 Å². The quantitative estimate of drug-likeness (QED) is 0.564. The van der Waals surface area contributed by atoms with E-state index >= 15 is 0 Å². The second kappa shape index (κ2) is 7.76. The van der Waals surface area contributed by atoms with Crippen LogP contribution >= 0.6 is 23.2 Å². The van der Waals surface area contributed by atoms with Crippen LogP contribution < -0.4 is 0 Å². The van der Waals surface area contributed by atoms with E-state index in [9.17, 15) is 4.79 Å². The molecule has 1 aliphatic heterocycles. The molecule has 1 aromatic carbocycles. The zero-order valence-electron chi connectivity index (χ0n) is 16.4. The van der Waals surface area contributed by atoms with Gasteiger partial charge in [-0.3, -0.25) is 4.79 Å². The zero-order chi connectivity index (χ0) is 20.7. The first-order chi connectivity index (χ1) is 13.9. The fourth-order valence-electron chi connectivity index (χ4n) is 3.73. The third-order valence-corrected chi connectivity index (χ3v) is 5.98. The lowest BCUT2D eigenvalue weighted by Gasteiger charge is -2.28. The normalized spacial score (nSPS) is 18.0. The van der Waals surface area contributed by atoms with E-state index in [-0.39, 0.29) is 12.1 Å². The van der Waals surface area contributed by atoms with Crippen molar-refractivity contribution in [2.45, 2.75) is 39.3 Å². The monoisotopic (exact) mass is 429 g/mol. The average Bonchev–Trinajstić information content (AvgIpc) is 3.03. The second-order valence-corrected chi connectivity index (χ2v) is 8.17. The van der Waals surface area contributed by atoms with Crippen LogP contribution in [-0.4, -0.2) is 43.6 Å². The number of aromatic nitrogens is 4. The molecule has 0 bridgehead atoms. The molecule has 8 heteroatoms. The molecule has 3 aromatic rings. The van der Waals surface area contributed by atoms with E-state index in [0.717, 1.165) is 40.9 Å². The zero-order valence-corrected chi connectivity index (χ0v) is 17.9. The van der Waals surface area contributed by atoms with Crippen molar-refractivity contribution >= 4 is 46.3 Å². The number of hydrogen-bond donors (Lipinski definition) is 0. The van der Waals surface area contributed by atoms with Gasteiger partial charge in [0.1, 0.15) is 5.52 Å². The first-order valence-corrected chi connectivity index (χ1v) is 10.2. The molecular formula is C21H21Cl2N5O. The third kappa shape index (κ3) is 3.63. The summed E-state index contributed by atoms with van der Waals surface area (Å²) in [6, 6.07) is 5.37. The van der Waals surface area contributed by atoms with Gasteiger partial charge in [0, 0.05) is 22.6 Å². The fourth-order valence-corrected chi connectivity index (χ4v) is 4.30. The number of benzene rings is 1. The summed E-state index contributed by atoms with van der Waals surface area (Å²) in [5.41, 5.74) is 5.11. The molecule has 0 radical (unpaired) electrons. The minimum Gasteiger partial charge on any atom is -0.339 e. The maximum Gasteiger partial charge on any atom is 0.210 e. The number of hydrogen-bond acceptors (Lipinski definition) is 4. The van der Waals surface area contributed by atoms with Crippen molar-refractivity contribution in [2.75, 3.05) is 6.54 Å². The Balaban J connectivity index is 1.78. The highest BCUT2D eigenvalue weighted by molar-refractivity contribution is 6.35. The number of halogens is 2. The van der Waals surface area contributed by atoms with Gasteiger partial charge < -0.3 is 4.90 Å². The molecule has 0 spiro atoms. The van der Waals surface area contributed by atoms with Crippen molar-refractivity contribution in [3.05, 3.63) is 57.5 Å². The lowest BCUT2D eigenvalue weighted by molar-refractivity contribution is -0.119. The van der Waals surface area contributed by atoms with Gasteiger partial charge in [-0.1, -0.05) is 35.3 Å². The van der Waals surface area contributed by atoms with Gasteiger partial charge >= 0.3 is 0 Å². The molecular weight excluding hydrogens is 409 g/mol. The Bertz CT molecular complexity index is 1120. The van der Waals surface area contributed by atoms with Gasteiger partial charge in [-0.15, -0.1) is 0 Å². The van der Waals surface area contributed by atoms with Crippen molar-refractivity contribution < 1.29 is 4.79 Å². The summed E-state index contributed by atoms with van der Waals surface area (Å²) in [5, 5.41) is 5.87. The SMILES string of the molecule is Cc1nn([C@H](C)c2ccc(Cl)cc2Cl)c2nc(C3=C[C@H](C)N(C=O)CC3)cnc12. The Hall–Kier alpha value is -2.44. The molecule has 29 heavy (non-hydrogen) atoms. The predicted molar refractivity (Wildman–Crippen MR) is 115 cm³/mol. The van der Waals surface area contributed by atoms with E-state index in [1.54, 1.807) is 17.2 Å². The first kappa shape index (κ1) is 19.9. The highest BCUT2D eigenvalue weighted by Crippen LogP contribution is 2.31. The average molecular weight is 430 g/mol. The molecule has 2 aromatic heterocycles. The van der Waals surface area contributed by atoms with Crippen LogP contribution in [0.4, 0.5) is 0 Å². The third-order valence-electron chi connectivity index (χ3n) is 5.42. The molecule has 4 rings (SSSR count). The molecule has 0 fully saturated rings. The summed E-state index contributed by atoms with van der Waals surface area (Å²) < 4.78 is 1.86. The molecule has 150 valence electrons. The van der Waals surface area contributed by atoms with E-state index < -0.39 is 0 Å². The van der Waals surface area contributed by atoms with Crippen LogP contribution in [0.3, 0.4) is 0 Å². The molecule has 0 saturated carbocycles. The van der Waals surface area contributed by atoms with Crippen LogP contribution in [0.25, 0.3) is 16.7 Å². The number of fused-ring (bicyclic) bond motifs is 1. The van der Waals surface area contributed by atoms with Gasteiger partial charge in [-0.2, -0.15) is 5.10 Å². The van der Waals surface area contributed by atoms with Gasteiger partial charge in [0.2, 0.25) is 6.41 Å². The number of carbonyl (C=O) groups is 1. The Morgan fingerprint density at radius 2 is 2.10 bits per heavy atom. The highest BCUT2D eigenvalue weighted by atomic mass is 35.5. The van der Waals surface area contributed by atoms with Crippen molar-refractivity contribution in [2.24, 2.45) is 0 Å². The highest BCUT2D eigenvalue weighted by Gasteiger charge is 2.22. The second-order valence-electron chi connectivity index (χ2n) is 7.32. The van der Waals surface area contributed by atoms with Crippen molar-refractivity contribution in [3.8, 4) is 0 Å². The summed E-state index contributed by atoms with van der Waals surface area (Å²) in [6.45, 7) is 6.62. The standard InChI is InChI=1S/C21H21Cl2N5O/c1-12-8-15(6-7-27(12)11-29)19-10-24-20-13(2)26-28(21(20)25-19)14(3)17-5-4-16(22)9-18(17)23/h4-5,8-12,14H,6-7H2,1-3H3/t12-,14+/m0/s1. The largest absolute Gasteiger partial charge is 0.339 e. The lowest BCUT2D eigenvalue weighted by Crippen LogP contribution is -2.34. The van der Waals surface area contributed by atoms with Gasteiger partial charge in [-0.05, 0) is 50.5 Å². The molecule has 2 atom stereocenters. The molecule has 0 unspecified atom stereocenters. The molecule has 0 saturated heterocycles. The number of amides is 1. The molecule has 3 heterocycles. The number of rotatable bonds is 4. The number of carbonyl (C=O) groups excluding carboxylic acids is 1. The summed E-state index contributed by atoms with van der Waals surface area (Å²) >= 11 is 12.5. The van der Waals surface area contributed by atoms with E-state index in [0.29, 0.717) is 22.2 Å². The summed E-state index contributed by atoms with van der Waals surface area (Å²) in [6.07, 6.45) is 5.49. The molecule has 1 aliphatic rings. The number of aryl methyl sites for hydroxylation is 1. The Morgan fingerprint density at radius 1 is 1.31 bits per heavy atom. The molecule has 1 amide bonds. The topological polar surface area (TPSA) is 63.9 Å². The molecule has 0 aliphatic carbocycles. The molecule has 0 N–H and O–H groups in total. The van der Waals surface area contributed by atoms with Crippen LogP contribution in [0, 0.1) is 6.92 Å². The van der Waals surface area contributed by atoms with Crippen molar-refractivity contribution in [3.63, 3.8) is 0 Å². The minimum atomic E-state index is -0.134. The van der Waals surface area contributed by atoms with Gasteiger partial charge in [0.25, 0.3) is 0 Å². The Kier molecular flexibility index (Phi) is 5.32. The van der Waals surface area contributed by atoms with Crippen LogP contribution in [0.5, 0.6) is 0 Å². The summed E-state index contributed by atoms with van der Waals surface area (Å²) in [5.74, 6) is 0. The maximum absolute atomic E-state index is 11.1. The Morgan fingerprint density at radius 3 is 2.79 bits per heavy atom. The van der Waals surface area contributed by atoms with Crippen molar-refractivity contribution in [1.29, 1.82) is 0 Å². The van der Waals surface area contributed by atoms with Crippen LogP contribution in [0.15, 0.2) is 30.5 Å². The smallest absolute Gasteiger partial charge is 0.210 e. The summed E-state index contributed by atoms with van der Waals surface area (Å²) in [4.78, 5) is 22.4.